The number of aromatic nitrogens is 1. The van der Waals surface area contributed by atoms with E-state index in [1.54, 1.807) is 12.4 Å². The third-order valence-electron chi connectivity index (χ3n) is 4.24. The second-order valence-corrected chi connectivity index (χ2v) is 5.51. The summed E-state index contributed by atoms with van der Waals surface area (Å²) >= 11 is 0. The molecule has 0 N–H and O–H groups in total. The molecule has 1 aromatic heterocycles. The summed E-state index contributed by atoms with van der Waals surface area (Å²) in [7, 11) is 4.05. The summed E-state index contributed by atoms with van der Waals surface area (Å²) in [6.07, 6.45) is 8.93. The summed E-state index contributed by atoms with van der Waals surface area (Å²) in [5, 5.41) is 0. The van der Waals surface area contributed by atoms with Crippen LogP contribution in [-0.4, -0.2) is 35.3 Å². The van der Waals surface area contributed by atoms with E-state index >= 15 is 0 Å². The molecule has 18 heavy (non-hydrogen) atoms. The predicted molar refractivity (Wildman–Crippen MR) is 72.8 cm³/mol. The number of ketones is 1. The Morgan fingerprint density at radius 3 is 2.50 bits per heavy atom. The number of carbonyl (C=O) groups excluding carboxylic acids is 1. The molecule has 1 aliphatic rings. The zero-order valence-corrected chi connectivity index (χ0v) is 11.6. The van der Waals surface area contributed by atoms with Gasteiger partial charge in [-0.1, -0.05) is 19.3 Å². The first-order chi connectivity index (χ1) is 8.58. The van der Waals surface area contributed by atoms with Crippen molar-refractivity contribution in [1.29, 1.82) is 0 Å². The van der Waals surface area contributed by atoms with E-state index in [9.17, 15) is 4.79 Å². The van der Waals surface area contributed by atoms with Crippen molar-refractivity contribution in [2.24, 2.45) is 0 Å². The first kappa shape index (κ1) is 13.2. The van der Waals surface area contributed by atoms with Crippen LogP contribution in [0.5, 0.6) is 0 Å². The number of likely N-dealkylation sites (N-methyl/N-ethyl adjacent to an activating group) is 1. The van der Waals surface area contributed by atoms with Crippen molar-refractivity contribution in [3.05, 3.63) is 29.6 Å². The van der Waals surface area contributed by atoms with Gasteiger partial charge in [-0.2, -0.15) is 0 Å². The molecule has 1 aliphatic carbocycles. The Hall–Kier alpha value is -1.22. The van der Waals surface area contributed by atoms with E-state index in [-0.39, 0.29) is 11.3 Å². The maximum atomic E-state index is 12.9. The van der Waals surface area contributed by atoms with Crippen molar-refractivity contribution in [1.82, 2.24) is 9.88 Å². The van der Waals surface area contributed by atoms with Crippen LogP contribution < -0.4 is 0 Å². The van der Waals surface area contributed by atoms with E-state index in [0.717, 1.165) is 36.8 Å². The molecule has 0 aromatic carbocycles. The molecule has 0 atom stereocenters. The first-order valence-corrected chi connectivity index (χ1v) is 6.71. The van der Waals surface area contributed by atoms with Crippen LogP contribution in [0.15, 0.2) is 18.5 Å². The molecule has 0 saturated heterocycles. The number of hydrogen-bond donors (Lipinski definition) is 0. The van der Waals surface area contributed by atoms with Gasteiger partial charge in [-0.25, -0.2) is 0 Å². The Morgan fingerprint density at radius 2 is 1.94 bits per heavy atom. The molecule has 0 bridgehead atoms. The Bertz CT molecular complexity index is 434. The number of Topliss-reactive ketones (excluding diaryl/α,β-unsaturated/α-hetero) is 1. The summed E-state index contributed by atoms with van der Waals surface area (Å²) in [5.74, 6) is 0.248. The number of carbonyl (C=O) groups is 1. The van der Waals surface area contributed by atoms with Crippen LogP contribution in [0.1, 0.15) is 48.0 Å². The molecule has 2 rings (SSSR count). The lowest BCUT2D eigenvalue weighted by Crippen LogP contribution is -2.52. The number of aryl methyl sites for hydroxylation is 1. The molecule has 1 saturated carbocycles. The van der Waals surface area contributed by atoms with Crippen molar-refractivity contribution >= 4 is 5.78 Å². The fourth-order valence-corrected chi connectivity index (χ4v) is 2.97. The third kappa shape index (κ3) is 2.19. The Kier molecular flexibility index (Phi) is 3.81. The standard InChI is InChI=1S/C15H22N2O/c1-12-7-10-16-11-13(12)14(18)15(17(2)3)8-5-4-6-9-15/h7,10-11H,4-6,8-9H2,1-3H3. The van der Waals surface area contributed by atoms with Crippen molar-refractivity contribution in [2.45, 2.75) is 44.6 Å². The van der Waals surface area contributed by atoms with Gasteiger partial charge in [0, 0.05) is 18.0 Å². The lowest BCUT2D eigenvalue weighted by atomic mass is 9.75. The zero-order valence-electron chi connectivity index (χ0n) is 11.6. The summed E-state index contributed by atoms with van der Waals surface area (Å²) in [6, 6.07) is 1.92. The van der Waals surface area contributed by atoms with Crippen LogP contribution in [0, 0.1) is 6.92 Å². The molecule has 1 aromatic rings. The topological polar surface area (TPSA) is 33.2 Å². The molecular weight excluding hydrogens is 224 g/mol. The second kappa shape index (κ2) is 5.19. The number of pyridine rings is 1. The lowest BCUT2D eigenvalue weighted by molar-refractivity contribution is 0.0563. The maximum Gasteiger partial charge on any atom is 0.184 e. The summed E-state index contributed by atoms with van der Waals surface area (Å²) in [6.45, 7) is 1.99. The molecule has 98 valence electrons. The van der Waals surface area contributed by atoms with Gasteiger partial charge in [-0.05, 0) is 45.5 Å². The summed E-state index contributed by atoms with van der Waals surface area (Å²) in [4.78, 5) is 19.1. The van der Waals surface area contributed by atoms with E-state index in [0.29, 0.717) is 0 Å². The van der Waals surface area contributed by atoms with Crippen LogP contribution in [0.2, 0.25) is 0 Å². The third-order valence-corrected chi connectivity index (χ3v) is 4.24. The minimum absolute atomic E-state index is 0.248. The van der Waals surface area contributed by atoms with Crippen LogP contribution in [0.4, 0.5) is 0 Å². The Labute approximate surface area is 109 Å². The van der Waals surface area contributed by atoms with Gasteiger partial charge in [-0.15, -0.1) is 0 Å². The van der Waals surface area contributed by atoms with Gasteiger partial charge in [0.05, 0.1) is 5.54 Å². The van der Waals surface area contributed by atoms with Crippen LogP contribution >= 0.6 is 0 Å². The maximum absolute atomic E-state index is 12.9. The largest absolute Gasteiger partial charge is 0.297 e. The van der Waals surface area contributed by atoms with Gasteiger partial charge >= 0.3 is 0 Å². The summed E-state index contributed by atoms with van der Waals surface area (Å²) < 4.78 is 0. The van der Waals surface area contributed by atoms with Crippen LogP contribution in [0.25, 0.3) is 0 Å². The van der Waals surface area contributed by atoms with E-state index in [2.05, 4.69) is 9.88 Å². The van der Waals surface area contributed by atoms with Crippen LogP contribution in [-0.2, 0) is 0 Å². The van der Waals surface area contributed by atoms with E-state index in [4.69, 9.17) is 0 Å². The van der Waals surface area contributed by atoms with Crippen molar-refractivity contribution in [3.8, 4) is 0 Å². The molecule has 1 fully saturated rings. The molecule has 0 aliphatic heterocycles. The normalized spacial score (nSPS) is 18.9. The van der Waals surface area contributed by atoms with E-state index < -0.39 is 0 Å². The van der Waals surface area contributed by atoms with Gasteiger partial charge in [0.2, 0.25) is 0 Å². The molecule has 0 spiro atoms. The highest BCUT2D eigenvalue weighted by molar-refractivity contribution is 6.04. The monoisotopic (exact) mass is 246 g/mol. The van der Waals surface area contributed by atoms with Gasteiger partial charge in [-0.3, -0.25) is 14.7 Å². The fraction of sp³-hybridized carbons (Fsp3) is 0.600. The predicted octanol–water partition coefficient (Wildman–Crippen LogP) is 2.84. The van der Waals surface area contributed by atoms with E-state index in [1.807, 2.05) is 27.1 Å². The van der Waals surface area contributed by atoms with Gasteiger partial charge in [0.15, 0.2) is 5.78 Å². The van der Waals surface area contributed by atoms with Crippen molar-refractivity contribution in [2.75, 3.05) is 14.1 Å². The Balaban J connectivity index is 2.38. The zero-order chi connectivity index (χ0) is 13.2. The van der Waals surface area contributed by atoms with Gasteiger partial charge in [0.25, 0.3) is 0 Å². The van der Waals surface area contributed by atoms with Gasteiger partial charge in [0.1, 0.15) is 0 Å². The highest BCUT2D eigenvalue weighted by Crippen LogP contribution is 2.35. The number of hydrogen-bond acceptors (Lipinski definition) is 3. The molecule has 3 heteroatoms. The number of nitrogens with zero attached hydrogens (tertiary/aromatic N) is 2. The molecule has 1 heterocycles. The average Bonchev–Trinajstić information content (AvgIpc) is 2.39. The number of rotatable bonds is 3. The first-order valence-electron chi connectivity index (χ1n) is 6.71. The van der Waals surface area contributed by atoms with E-state index in [1.165, 1.54) is 6.42 Å². The smallest absolute Gasteiger partial charge is 0.184 e. The molecule has 0 radical (unpaired) electrons. The summed E-state index contributed by atoms with van der Waals surface area (Å²) in [5.41, 5.74) is 1.50. The molecule has 0 amide bonds. The van der Waals surface area contributed by atoms with Crippen molar-refractivity contribution < 1.29 is 4.79 Å². The highest BCUT2D eigenvalue weighted by atomic mass is 16.1. The SMILES string of the molecule is Cc1ccncc1C(=O)C1(N(C)C)CCCCC1. The van der Waals surface area contributed by atoms with Crippen LogP contribution in [0.3, 0.4) is 0 Å². The molecule has 0 unspecified atom stereocenters. The second-order valence-electron chi connectivity index (χ2n) is 5.51. The van der Waals surface area contributed by atoms with Crippen molar-refractivity contribution in [3.63, 3.8) is 0 Å². The minimum atomic E-state index is -0.313. The highest BCUT2D eigenvalue weighted by Gasteiger charge is 2.42. The molecule has 3 nitrogen and oxygen atoms in total. The average molecular weight is 246 g/mol. The quantitative estimate of drug-likeness (QED) is 0.769. The lowest BCUT2D eigenvalue weighted by Gasteiger charge is -2.41. The Morgan fingerprint density at radius 1 is 1.28 bits per heavy atom. The minimum Gasteiger partial charge on any atom is -0.297 e. The van der Waals surface area contributed by atoms with Gasteiger partial charge < -0.3 is 0 Å². The fourth-order valence-electron chi connectivity index (χ4n) is 2.97. The molecular formula is C15H22N2O.